The van der Waals surface area contributed by atoms with Crippen molar-refractivity contribution in [2.24, 2.45) is 0 Å². The van der Waals surface area contributed by atoms with Crippen molar-refractivity contribution in [2.45, 2.75) is 12.3 Å². The third-order valence-corrected chi connectivity index (χ3v) is 2.75. The lowest BCUT2D eigenvalue weighted by molar-refractivity contribution is 0.0991. The second-order valence-corrected chi connectivity index (χ2v) is 3.61. The molecule has 2 rings (SSSR count). The van der Waals surface area contributed by atoms with Crippen molar-refractivity contribution in [1.82, 2.24) is 0 Å². The molecule has 0 amide bonds. The molecule has 0 N–H and O–H groups in total. The lowest BCUT2D eigenvalue weighted by atomic mass is 9.93. The highest BCUT2D eigenvalue weighted by Crippen LogP contribution is 2.37. The van der Waals surface area contributed by atoms with E-state index >= 15 is 0 Å². The summed E-state index contributed by atoms with van der Waals surface area (Å²) in [6.45, 7) is 0. The summed E-state index contributed by atoms with van der Waals surface area (Å²) >= 11 is 0. The van der Waals surface area contributed by atoms with E-state index in [1.165, 1.54) is 6.08 Å². The minimum absolute atomic E-state index is 0.0414. The average molecular weight is 208 g/mol. The fraction of sp³-hybridized carbons (Fsp3) is 0.154. The number of Topliss-reactive ketones (excluding diaryl/α,β-unsaturated/α-hetero) is 1. The first-order valence-corrected chi connectivity index (χ1v) is 4.90. The van der Waals surface area contributed by atoms with E-state index in [1.54, 1.807) is 12.1 Å². The Bertz CT molecular complexity index is 558. The maximum absolute atomic E-state index is 11.7. The van der Waals surface area contributed by atoms with E-state index < -0.39 is 0 Å². The van der Waals surface area contributed by atoms with E-state index in [4.69, 9.17) is 10.5 Å². The number of rotatable bonds is 1. The highest BCUT2D eigenvalue weighted by Gasteiger charge is 2.31. The molecule has 0 aliphatic heterocycles. The fourth-order valence-electron chi connectivity index (χ4n) is 2.02. The third-order valence-electron chi connectivity index (χ3n) is 2.75. The van der Waals surface area contributed by atoms with Gasteiger partial charge < -0.3 is 0 Å². The Morgan fingerprint density at radius 3 is 2.81 bits per heavy atom. The van der Waals surface area contributed by atoms with Gasteiger partial charge in [-0.3, -0.25) is 4.79 Å². The second kappa shape index (κ2) is 4.00. The number of hydrogen-bond donors (Lipinski definition) is 0. The Balaban J connectivity index is 2.50. The molecule has 16 heavy (non-hydrogen) atoms. The Morgan fingerprint density at radius 1 is 1.38 bits per heavy atom. The Hall–Kier alpha value is -2.39. The van der Waals surface area contributed by atoms with Crippen molar-refractivity contribution < 1.29 is 4.79 Å². The van der Waals surface area contributed by atoms with Gasteiger partial charge >= 0.3 is 0 Å². The van der Waals surface area contributed by atoms with Crippen LogP contribution in [-0.2, 0) is 0 Å². The van der Waals surface area contributed by atoms with Crippen molar-refractivity contribution in [3.8, 4) is 12.1 Å². The maximum atomic E-state index is 11.7. The van der Waals surface area contributed by atoms with Gasteiger partial charge in [0.25, 0.3) is 0 Å². The molecule has 0 spiro atoms. The molecular weight excluding hydrogens is 200 g/mol. The first kappa shape index (κ1) is 10.1. The van der Waals surface area contributed by atoms with Crippen LogP contribution < -0.4 is 0 Å². The minimum atomic E-state index is -0.242. The molecule has 3 nitrogen and oxygen atoms in total. The summed E-state index contributed by atoms with van der Waals surface area (Å²) in [6, 6.07) is 11.1. The second-order valence-electron chi connectivity index (χ2n) is 3.61. The molecule has 1 aliphatic rings. The fourth-order valence-corrected chi connectivity index (χ4v) is 2.02. The molecule has 1 aromatic carbocycles. The van der Waals surface area contributed by atoms with Crippen molar-refractivity contribution in [1.29, 1.82) is 10.5 Å². The van der Waals surface area contributed by atoms with E-state index in [9.17, 15) is 4.79 Å². The zero-order valence-corrected chi connectivity index (χ0v) is 8.47. The van der Waals surface area contributed by atoms with Gasteiger partial charge in [-0.25, -0.2) is 0 Å². The highest BCUT2D eigenvalue weighted by molar-refractivity contribution is 6.02. The molecular formula is C13H8N2O. The SMILES string of the molecule is N#C/C=C(\C#N)C1CC(=O)c2ccccc21. The smallest absolute Gasteiger partial charge is 0.164 e. The molecule has 0 saturated carbocycles. The largest absolute Gasteiger partial charge is 0.294 e. The number of allylic oxidation sites excluding steroid dienone is 2. The van der Waals surface area contributed by atoms with Gasteiger partial charge in [-0.1, -0.05) is 24.3 Å². The summed E-state index contributed by atoms with van der Waals surface area (Å²) in [7, 11) is 0. The Kier molecular flexibility index (Phi) is 2.54. The summed E-state index contributed by atoms with van der Waals surface area (Å²) < 4.78 is 0. The van der Waals surface area contributed by atoms with Gasteiger partial charge in [0.05, 0.1) is 12.1 Å². The Labute approximate surface area is 93.2 Å². The molecule has 0 radical (unpaired) electrons. The summed E-state index contributed by atoms with van der Waals surface area (Å²) in [5, 5.41) is 17.5. The van der Waals surface area contributed by atoms with Crippen LogP contribution in [0.5, 0.6) is 0 Å². The number of hydrogen-bond acceptors (Lipinski definition) is 3. The standard InChI is InChI=1S/C13H8N2O/c14-6-5-9(8-15)12-7-13(16)11-4-2-1-3-10(11)12/h1-5,12H,7H2/b9-5+. The van der Waals surface area contributed by atoms with Crippen molar-refractivity contribution >= 4 is 5.78 Å². The van der Waals surface area contributed by atoms with Crippen LogP contribution in [0, 0.1) is 22.7 Å². The third kappa shape index (κ3) is 1.49. The summed E-state index contributed by atoms with van der Waals surface area (Å²) in [4.78, 5) is 11.7. The number of carbonyl (C=O) groups is 1. The van der Waals surface area contributed by atoms with Crippen LogP contribution in [0.3, 0.4) is 0 Å². The van der Waals surface area contributed by atoms with Gasteiger partial charge in [-0.2, -0.15) is 10.5 Å². The lowest BCUT2D eigenvalue weighted by Gasteiger charge is -2.07. The van der Waals surface area contributed by atoms with Crippen LogP contribution in [0.2, 0.25) is 0 Å². The number of nitrogens with zero attached hydrogens (tertiary/aromatic N) is 2. The first-order chi connectivity index (χ1) is 7.77. The topological polar surface area (TPSA) is 64.7 Å². The monoisotopic (exact) mass is 208 g/mol. The van der Waals surface area contributed by atoms with Gasteiger partial charge in [0.1, 0.15) is 0 Å². The average Bonchev–Trinajstić information content (AvgIpc) is 2.65. The predicted molar refractivity (Wildman–Crippen MR) is 57.4 cm³/mol. The maximum Gasteiger partial charge on any atom is 0.164 e. The van der Waals surface area contributed by atoms with E-state index in [2.05, 4.69) is 0 Å². The molecule has 0 heterocycles. The van der Waals surface area contributed by atoms with Gasteiger partial charge in [0.15, 0.2) is 5.78 Å². The molecule has 0 saturated heterocycles. The zero-order valence-electron chi connectivity index (χ0n) is 8.47. The molecule has 1 aromatic rings. The summed E-state index contributed by atoms with van der Waals surface area (Å²) in [6.07, 6.45) is 1.51. The number of fused-ring (bicyclic) bond motifs is 1. The zero-order chi connectivity index (χ0) is 11.5. The normalized spacial score (nSPS) is 18.8. The first-order valence-electron chi connectivity index (χ1n) is 4.90. The van der Waals surface area contributed by atoms with E-state index in [0.29, 0.717) is 17.6 Å². The number of carbonyl (C=O) groups excluding carboxylic acids is 1. The van der Waals surface area contributed by atoms with Gasteiger partial charge in [-0.15, -0.1) is 0 Å². The van der Waals surface area contributed by atoms with Crippen LogP contribution in [0.4, 0.5) is 0 Å². The molecule has 0 aromatic heterocycles. The van der Waals surface area contributed by atoms with Crippen LogP contribution in [-0.4, -0.2) is 5.78 Å². The van der Waals surface area contributed by atoms with Crippen LogP contribution in [0.25, 0.3) is 0 Å². The molecule has 0 fully saturated rings. The summed E-state index contributed by atoms with van der Waals surface area (Å²) in [5.41, 5.74) is 1.89. The van der Waals surface area contributed by atoms with Crippen LogP contribution >= 0.6 is 0 Å². The molecule has 1 atom stereocenters. The summed E-state index contributed by atoms with van der Waals surface area (Å²) in [5.74, 6) is -0.201. The molecule has 1 unspecified atom stereocenters. The lowest BCUT2D eigenvalue weighted by Crippen LogP contribution is -1.97. The number of nitriles is 2. The molecule has 3 heteroatoms. The van der Waals surface area contributed by atoms with Crippen LogP contribution in [0.15, 0.2) is 35.9 Å². The predicted octanol–water partition coefficient (Wildman–Crippen LogP) is 2.33. The van der Waals surface area contributed by atoms with Crippen molar-refractivity contribution in [3.63, 3.8) is 0 Å². The van der Waals surface area contributed by atoms with Crippen LogP contribution in [0.1, 0.15) is 28.3 Å². The molecule has 76 valence electrons. The molecule has 0 bridgehead atoms. The highest BCUT2D eigenvalue weighted by atomic mass is 16.1. The number of benzene rings is 1. The minimum Gasteiger partial charge on any atom is -0.294 e. The quantitative estimate of drug-likeness (QED) is 0.665. The molecule has 1 aliphatic carbocycles. The van der Waals surface area contributed by atoms with Gasteiger partial charge in [-0.05, 0) is 5.56 Å². The Morgan fingerprint density at radius 2 is 2.12 bits per heavy atom. The van der Waals surface area contributed by atoms with E-state index in [1.807, 2.05) is 24.3 Å². The van der Waals surface area contributed by atoms with Gasteiger partial charge in [0.2, 0.25) is 0 Å². The van der Waals surface area contributed by atoms with Crippen molar-refractivity contribution in [2.75, 3.05) is 0 Å². The van der Waals surface area contributed by atoms with E-state index in [-0.39, 0.29) is 11.7 Å². The van der Waals surface area contributed by atoms with Gasteiger partial charge in [0, 0.05) is 29.6 Å². The number of ketones is 1. The van der Waals surface area contributed by atoms with E-state index in [0.717, 1.165) is 5.56 Å². The van der Waals surface area contributed by atoms with Crippen molar-refractivity contribution in [3.05, 3.63) is 47.0 Å².